The molecule has 0 atom stereocenters. The maximum absolute atomic E-state index is 12.4. The molecular formula is C15H14ClN5O. The number of nitrogens with two attached hydrogens (primary N) is 1. The standard InChI is InChI=1S/C15H14ClN5O/c1-10-8-11(6-7-13(10)17)9-20-15(22)21(19-18-20)14-5-3-2-4-12(14)16/h2-8H,9,17H2,1H3. The van der Waals surface area contributed by atoms with Gasteiger partial charge < -0.3 is 5.73 Å². The minimum Gasteiger partial charge on any atom is -0.399 e. The number of nitrogen functional groups attached to an aromatic ring is 1. The Balaban J connectivity index is 1.96. The number of rotatable bonds is 3. The van der Waals surface area contributed by atoms with Gasteiger partial charge in [0, 0.05) is 5.69 Å². The summed E-state index contributed by atoms with van der Waals surface area (Å²) in [4.78, 5) is 12.4. The summed E-state index contributed by atoms with van der Waals surface area (Å²) in [5.41, 5.74) is 8.57. The molecule has 0 bridgehead atoms. The van der Waals surface area contributed by atoms with E-state index in [0.29, 0.717) is 17.3 Å². The lowest BCUT2D eigenvalue weighted by atomic mass is 10.1. The molecule has 0 saturated carbocycles. The Hall–Kier alpha value is -2.60. The van der Waals surface area contributed by atoms with Gasteiger partial charge in [0.1, 0.15) is 0 Å². The van der Waals surface area contributed by atoms with Gasteiger partial charge >= 0.3 is 5.69 Å². The molecule has 0 amide bonds. The molecular weight excluding hydrogens is 302 g/mol. The number of hydrogen-bond donors (Lipinski definition) is 1. The molecule has 0 aliphatic carbocycles. The first-order chi connectivity index (χ1) is 10.6. The molecule has 6 nitrogen and oxygen atoms in total. The number of tetrazole rings is 1. The Morgan fingerprint density at radius 2 is 1.95 bits per heavy atom. The zero-order chi connectivity index (χ0) is 15.7. The molecule has 3 aromatic rings. The first-order valence-corrected chi connectivity index (χ1v) is 7.07. The Bertz CT molecular complexity index is 884. The summed E-state index contributed by atoms with van der Waals surface area (Å²) in [6, 6.07) is 12.6. The average molecular weight is 316 g/mol. The van der Waals surface area contributed by atoms with E-state index in [2.05, 4.69) is 10.4 Å². The molecule has 0 aliphatic rings. The van der Waals surface area contributed by atoms with Crippen LogP contribution in [0.3, 0.4) is 0 Å². The molecule has 1 aromatic heterocycles. The molecule has 1 heterocycles. The first kappa shape index (κ1) is 14.3. The number of aryl methyl sites for hydroxylation is 1. The summed E-state index contributed by atoms with van der Waals surface area (Å²) in [5.74, 6) is 0. The van der Waals surface area contributed by atoms with Crippen LogP contribution in [0.1, 0.15) is 11.1 Å². The van der Waals surface area contributed by atoms with E-state index in [9.17, 15) is 4.79 Å². The van der Waals surface area contributed by atoms with Gasteiger partial charge in [-0.05, 0) is 46.7 Å². The fourth-order valence-corrected chi connectivity index (χ4v) is 2.37. The summed E-state index contributed by atoms with van der Waals surface area (Å²) in [6.07, 6.45) is 0. The summed E-state index contributed by atoms with van der Waals surface area (Å²) >= 11 is 6.09. The zero-order valence-corrected chi connectivity index (χ0v) is 12.7. The molecule has 0 spiro atoms. The number of hydrogen-bond acceptors (Lipinski definition) is 4. The van der Waals surface area contributed by atoms with Crippen molar-refractivity contribution in [2.24, 2.45) is 0 Å². The maximum atomic E-state index is 12.4. The van der Waals surface area contributed by atoms with Gasteiger partial charge in [0.2, 0.25) is 0 Å². The van der Waals surface area contributed by atoms with Crippen molar-refractivity contribution >= 4 is 17.3 Å². The van der Waals surface area contributed by atoms with Crippen molar-refractivity contribution in [1.29, 1.82) is 0 Å². The normalized spacial score (nSPS) is 10.8. The fraction of sp³-hybridized carbons (Fsp3) is 0.133. The quantitative estimate of drug-likeness (QED) is 0.750. The number of halogens is 1. The molecule has 2 aromatic carbocycles. The Morgan fingerprint density at radius 3 is 2.68 bits per heavy atom. The average Bonchev–Trinajstić information content (AvgIpc) is 2.85. The lowest BCUT2D eigenvalue weighted by Gasteiger charge is -2.04. The molecule has 7 heteroatoms. The van der Waals surface area contributed by atoms with Crippen LogP contribution in [0, 0.1) is 6.92 Å². The van der Waals surface area contributed by atoms with Crippen LogP contribution in [-0.2, 0) is 6.54 Å². The highest BCUT2D eigenvalue weighted by atomic mass is 35.5. The highest BCUT2D eigenvalue weighted by Gasteiger charge is 2.11. The van der Waals surface area contributed by atoms with Gasteiger partial charge in [-0.3, -0.25) is 0 Å². The monoisotopic (exact) mass is 315 g/mol. The highest BCUT2D eigenvalue weighted by molar-refractivity contribution is 6.32. The van der Waals surface area contributed by atoms with Gasteiger partial charge in [-0.15, -0.1) is 0 Å². The largest absolute Gasteiger partial charge is 0.399 e. The first-order valence-electron chi connectivity index (χ1n) is 6.69. The van der Waals surface area contributed by atoms with Crippen LogP contribution < -0.4 is 11.4 Å². The third kappa shape index (κ3) is 2.60. The third-order valence-electron chi connectivity index (χ3n) is 3.39. The molecule has 0 aliphatic heterocycles. The molecule has 22 heavy (non-hydrogen) atoms. The van der Waals surface area contributed by atoms with Gasteiger partial charge in [0.25, 0.3) is 0 Å². The van der Waals surface area contributed by atoms with Crippen molar-refractivity contribution in [3.63, 3.8) is 0 Å². The van der Waals surface area contributed by atoms with Crippen LogP contribution in [0.5, 0.6) is 0 Å². The Kier molecular flexibility index (Phi) is 3.68. The van der Waals surface area contributed by atoms with E-state index in [0.717, 1.165) is 16.8 Å². The van der Waals surface area contributed by atoms with E-state index < -0.39 is 0 Å². The number of para-hydroxylation sites is 1. The molecule has 0 radical (unpaired) electrons. The topological polar surface area (TPSA) is 78.7 Å². The van der Waals surface area contributed by atoms with Crippen LogP contribution >= 0.6 is 11.6 Å². The number of benzene rings is 2. The lowest BCUT2D eigenvalue weighted by Crippen LogP contribution is -2.25. The second kappa shape index (κ2) is 5.65. The third-order valence-corrected chi connectivity index (χ3v) is 3.71. The smallest absolute Gasteiger partial charge is 0.368 e. The van der Waals surface area contributed by atoms with Crippen molar-refractivity contribution in [3.05, 3.63) is 69.1 Å². The van der Waals surface area contributed by atoms with E-state index in [4.69, 9.17) is 17.3 Å². The van der Waals surface area contributed by atoms with E-state index in [1.54, 1.807) is 24.3 Å². The molecule has 3 rings (SSSR count). The van der Waals surface area contributed by atoms with Crippen LogP contribution in [0.15, 0.2) is 47.3 Å². The summed E-state index contributed by atoms with van der Waals surface area (Å²) in [5, 5.41) is 8.24. The minimum atomic E-state index is -0.345. The van der Waals surface area contributed by atoms with Gasteiger partial charge in [0.05, 0.1) is 17.3 Å². The van der Waals surface area contributed by atoms with Crippen molar-refractivity contribution in [2.75, 3.05) is 5.73 Å². The lowest BCUT2D eigenvalue weighted by molar-refractivity contribution is 0.631. The van der Waals surface area contributed by atoms with Crippen molar-refractivity contribution in [3.8, 4) is 5.69 Å². The van der Waals surface area contributed by atoms with Crippen molar-refractivity contribution < 1.29 is 0 Å². The zero-order valence-electron chi connectivity index (χ0n) is 11.9. The fourth-order valence-electron chi connectivity index (χ4n) is 2.16. The highest BCUT2D eigenvalue weighted by Crippen LogP contribution is 2.17. The van der Waals surface area contributed by atoms with Gasteiger partial charge in [-0.1, -0.05) is 35.9 Å². The van der Waals surface area contributed by atoms with Crippen LogP contribution in [0.4, 0.5) is 5.69 Å². The molecule has 112 valence electrons. The van der Waals surface area contributed by atoms with E-state index in [1.165, 1.54) is 9.36 Å². The van der Waals surface area contributed by atoms with Crippen molar-refractivity contribution in [1.82, 2.24) is 19.8 Å². The SMILES string of the molecule is Cc1cc(Cn2nnn(-c3ccccc3Cl)c2=O)ccc1N. The molecule has 0 unspecified atom stereocenters. The van der Waals surface area contributed by atoms with E-state index >= 15 is 0 Å². The summed E-state index contributed by atoms with van der Waals surface area (Å²) < 4.78 is 2.47. The van der Waals surface area contributed by atoms with Crippen LogP contribution in [0.2, 0.25) is 5.02 Å². The minimum absolute atomic E-state index is 0.324. The molecule has 0 fully saturated rings. The van der Waals surface area contributed by atoms with Crippen LogP contribution in [0.25, 0.3) is 5.69 Å². The van der Waals surface area contributed by atoms with Gasteiger partial charge in [0.15, 0.2) is 0 Å². The number of aromatic nitrogens is 4. The van der Waals surface area contributed by atoms with Gasteiger partial charge in [-0.25, -0.2) is 4.79 Å². The van der Waals surface area contributed by atoms with Gasteiger partial charge in [-0.2, -0.15) is 9.36 Å². The van der Waals surface area contributed by atoms with E-state index in [1.807, 2.05) is 25.1 Å². The Morgan fingerprint density at radius 1 is 1.18 bits per heavy atom. The predicted molar refractivity (Wildman–Crippen MR) is 85.3 cm³/mol. The molecule has 0 saturated heterocycles. The predicted octanol–water partition coefficient (Wildman–Crippen LogP) is 2.02. The number of anilines is 1. The second-order valence-electron chi connectivity index (χ2n) is 4.97. The second-order valence-corrected chi connectivity index (χ2v) is 5.38. The molecule has 2 N–H and O–H groups in total. The van der Waals surface area contributed by atoms with Crippen LogP contribution in [-0.4, -0.2) is 19.8 Å². The van der Waals surface area contributed by atoms with Crippen molar-refractivity contribution in [2.45, 2.75) is 13.5 Å². The Labute approximate surface area is 131 Å². The van der Waals surface area contributed by atoms with E-state index in [-0.39, 0.29) is 5.69 Å². The maximum Gasteiger partial charge on any atom is 0.368 e. The number of nitrogens with zero attached hydrogens (tertiary/aromatic N) is 4. The summed E-state index contributed by atoms with van der Waals surface area (Å²) in [7, 11) is 0. The summed E-state index contributed by atoms with van der Waals surface area (Å²) in [6.45, 7) is 2.24.